The summed E-state index contributed by atoms with van der Waals surface area (Å²) in [5.41, 5.74) is 1.84. The highest BCUT2D eigenvalue weighted by Crippen LogP contribution is 2.27. The van der Waals surface area contributed by atoms with Crippen molar-refractivity contribution in [3.63, 3.8) is 0 Å². The molecule has 3 amide bonds. The lowest BCUT2D eigenvalue weighted by molar-refractivity contribution is -0.115. The normalized spacial score (nSPS) is 15.7. The summed E-state index contributed by atoms with van der Waals surface area (Å²) in [4.78, 5) is 37.9. The number of benzene rings is 2. The molecule has 1 unspecified atom stereocenters. The molecule has 0 spiro atoms. The van der Waals surface area contributed by atoms with Crippen molar-refractivity contribution in [3.05, 3.63) is 59.4 Å². The average molecular weight is 435 g/mol. The Bertz CT molecular complexity index is 919. The molecule has 3 N–H and O–H groups in total. The number of nitrogens with zero attached hydrogens (tertiary/aromatic N) is 1. The Morgan fingerprint density at radius 1 is 1.03 bits per heavy atom. The predicted molar refractivity (Wildman–Crippen MR) is 115 cm³/mol. The zero-order chi connectivity index (χ0) is 21.0. The van der Waals surface area contributed by atoms with E-state index in [1.807, 2.05) is 0 Å². The van der Waals surface area contributed by atoms with E-state index < -0.39 is 0 Å². The number of amides is 3. The van der Waals surface area contributed by atoms with Crippen LogP contribution in [0.4, 0.5) is 15.8 Å². The zero-order valence-corrected chi connectivity index (χ0v) is 17.5. The molecule has 1 aliphatic rings. The Balaban J connectivity index is 0.00000320. The molecule has 9 heteroatoms. The Morgan fingerprint density at radius 3 is 2.23 bits per heavy atom. The molecule has 0 aromatic heterocycles. The Morgan fingerprint density at radius 2 is 1.67 bits per heavy atom. The van der Waals surface area contributed by atoms with Gasteiger partial charge in [-0.25, -0.2) is 4.39 Å². The highest BCUT2D eigenvalue weighted by atomic mass is 35.5. The molecule has 0 aliphatic carbocycles. The molecule has 1 atom stereocenters. The molecule has 1 saturated heterocycles. The molecule has 0 radical (unpaired) electrons. The minimum absolute atomic E-state index is 0. The lowest BCUT2D eigenvalue weighted by Crippen LogP contribution is -2.48. The number of nitrogens with one attached hydrogen (secondary N) is 3. The Hall–Kier alpha value is -2.97. The number of hydrogen-bond donors (Lipinski definition) is 3. The number of hydrogen-bond acceptors (Lipinski definition) is 4. The van der Waals surface area contributed by atoms with E-state index in [9.17, 15) is 18.8 Å². The van der Waals surface area contributed by atoms with Gasteiger partial charge in [0, 0.05) is 50.4 Å². The lowest BCUT2D eigenvalue weighted by Gasteiger charge is -2.36. The van der Waals surface area contributed by atoms with Gasteiger partial charge in [-0.2, -0.15) is 0 Å². The van der Waals surface area contributed by atoms with Crippen molar-refractivity contribution < 1.29 is 18.8 Å². The van der Waals surface area contributed by atoms with Crippen LogP contribution < -0.4 is 16.0 Å². The SMILES string of the molecule is CC(=O)Nc1cc(NC(C)=O)cc(C(=O)N2CCNCC2c2cccc(F)c2)c1.Cl. The highest BCUT2D eigenvalue weighted by molar-refractivity contribution is 6.00. The summed E-state index contributed by atoms with van der Waals surface area (Å²) in [5, 5.41) is 8.52. The second-order valence-electron chi connectivity index (χ2n) is 6.93. The van der Waals surface area contributed by atoms with Crippen molar-refractivity contribution in [1.29, 1.82) is 0 Å². The molecule has 30 heavy (non-hydrogen) atoms. The first-order valence-corrected chi connectivity index (χ1v) is 9.31. The van der Waals surface area contributed by atoms with Crippen LogP contribution in [0.25, 0.3) is 0 Å². The molecule has 0 saturated carbocycles. The fourth-order valence-electron chi connectivity index (χ4n) is 3.43. The Labute approximate surface area is 180 Å². The number of rotatable bonds is 4. The smallest absolute Gasteiger partial charge is 0.254 e. The van der Waals surface area contributed by atoms with E-state index >= 15 is 0 Å². The summed E-state index contributed by atoms with van der Waals surface area (Å²) < 4.78 is 13.7. The van der Waals surface area contributed by atoms with Crippen LogP contribution in [0.1, 0.15) is 35.8 Å². The fourth-order valence-corrected chi connectivity index (χ4v) is 3.43. The molecule has 2 aromatic rings. The summed E-state index contributed by atoms with van der Waals surface area (Å²) in [6.07, 6.45) is 0. The predicted octanol–water partition coefficient (Wildman–Crippen LogP) is 2.95. The molecule has 2 aromatic carbocycles. The van der Waals surface area contributed by atoms with Gasteiger partial charge >= 0.3 is 0 Å². The third-order valence-corrected chi connectivity index (χ3v) is 4.56. The number of carbonyl (C=O) groups is 3. The number of carbonyl (C=O) groups excluding carboxylic acids is 3. The van der Waals surface area contributed by atoms with Crippen LogP contribution in [0.15, 0.2) is 42.5 Å². The van der Waals surface area contributed by atoms with Gasteiger partial charge in [0.05, 0.1) is 6.04 Å². The molecule has 3 rings (SSSR count). The van der Waals surface area contributed by atoms with Crippen molar-refractivity contribution in [2.75, 3.05) is 30.3 Å². The maximum Gasteiger partial charge on any atom is 0.254 e. The molecule has 160 valence electrons. The van der Waals surface area contributed by atoms with Gasteiger partial charge in [-0.15, -0.1) is 12.4 Å². The van der Waals surface area contributed by atoms with Crippen LogP contribution in [0, 0.1) is 5.82 Å². The maximum absolute atomic E-state index is 13.7. The summed E-state index contributed by atoms with van der Waals surface area (Å²) >= 11 is 0. The molecule has 1 aliphatic heterocycles. The first-order valence-electron chi connectivity index (χ1n) is 9.31. The highest BCUT2D eigenvalue weighted by Gasteiger charge is 2.29. The van der Waals surface area contributed by atoms with Crippen molar-refractivity contribution in [2.45, 2.75) is 19.9 Å². The minimum Gasteiger partial charge on any atom is -0.329 e. The van der Waals surface area contributed by atoms with Crippen molar-refractivity contribution in [3.8, 4) is 0 Å². The second kappa shape index (κ2) is 10.2. The van der Waals surface area contributed by atoms with E-state index in [4.69, 9.17) is 0 Å². The largest absolute Gasteiger partial charge is 0.329 e. The topological polar surface area (TPSA) is 90.5 Å². The van der Waals surface area contributed by atoms with E-state index in [-0.39, 0.29) is 42.0 Å². The molecular weight excluding hydrogens is 411 g/mol. The monoisotopic (exact) mass is 434 g/mol. The van der Waals surface area contributed by atoms with Crippen molar-refractivity contribution in [2.24, 2.45) is 0 Å². The van der Waals surface area contributed by atoms with Crippen LogP contribution in [0.2, 0.25) is 0 Å². The van der Waals surface area contributed by atoms with Crippen LogP contribution in [0.3, 0.4) is 0 Å². The van der Waals surface area contributed by atoms with E-state index in [1.54, 1.807) is 35.2 Å². The first kappa shape index (κ1) is 23.3. The summed E-state index contributed by atoms with van der Waals surface area (Å²) in [5.74, 6) is -1.20. The van der Waals surface area contributed by atoms with E-state index in [2.05, 4.69) is 16.0 Å². The average Bonchev–Trinajstić information content (AvgIpc) is 2.66. The van der Waals surface area contributed by atoms with Crippen LogP contribution in [-0.2, 0) is 9.59 Å². The Kier molecular flexibility index (Phi) is 7.91. The molecule has 7 nitrogen and oxygen atoms in total. The summed E-state index contributed by atoms with van der Waals surface area (Å²) in [7, 11) is 0. The minimum atomic E-state index is -0.360. The number of halogens is 2. The third-order valence-electron chi connectivity index (χ3n) is 4.56. The van der Waals surface area contributed by atoms with Gasteiger partial charge in [-0.3, -0.25) is 14.4 Å². The molecule has 1 fully saturated rings. The molecule has 1 heterocycles. The van der Waals surface area contributed by atoms with Crippen LogP contribution >= 0.6 is 12.4 Å². The van der Waals surface area contributed by atoms with Gasteiger partial charge in [0.25, 0.3) is 5.91 Å². The van der Waals surface area contributed by atoms with Gasteiger partial charge in [-0.05, 0) is 35.9 Å². The van der Waals surface area contributed by atoms with E-state index in [0.29, 0.717) is 42.1 Å². The van der Waals surface area contributed by atoms with Gasteiger partial charge in [0.2, 0.25) is 11.8 Å². The third kappa shape index (κ3) is 5.77. The van der Waals surface area contributed by atoms with Crippen LogP contribution in [0.5, 0.6) is 0 Å². The summed E-state index contributed by atoms with van der Waals surface area (Å²) in [6, 6.07) is 10.6. The van der Waals surface area contributed by atoms with Crippen molar-refractivity contribution >= 4 is 41.5 Å². The quantitative estimate of drug-likeness (QED) is 0.690. The van der Waals surface area contributed by atoms with E-state index in [0.717, 1.165) is 0 Å². The first-order chi connectivity index (χ1) is 13.8. The lowest BCUT2D eigenvalue weighted by atomic mass is 10.0. The summed E-state index contributed by atoms with van der Waals surface area (Å²) in [6.45, 7) is 4.28. The molecule has 0 bridgehead atoms. The van der Waals surface area contributed by atoms with Gasteiger partial charge < -0.3 is 20.9 Å². The fraction of sp³-hybridized carbons (Fsp3) is 0.286. The number of anilines is 2. The maximum atomic E-state index is 13.7. The zero-order valence-electron chi connectivity index (χ0n) is 16.7. The number of piperazine rings is 1. The van der Waals surface area contributed by atoms with Gasteiger partial charge in [-0.1, -0.05) is 12.1 Å². The second-order valence-corrected chi connectivity index (χ2v) is 6.93. The van der Waals surface area contributed by atoms with Crippen molar-refractivity contribution in [1.82, 2.24) is 10.2 Å². The van der Waals surface area contributed by atoms with Crippen LogP contribution in [-0.4, -0.2) is 42.3 Å². The van der Waals surface area contributed by atoms with Gasteiger partial charge in [0.15, 0.2) is 0 Å². The van der Waals surface area contributed by atoms with Gasteiger partial charge in [0.1, 0.15) is 5.82 Å². The standard InChI is InChI=1S/C21H23FN4O3.ClH/c1-13(27)24-18-9-16(10-19(11-18)25-14(2)28)21(29)26-7-6-23-12-20(26)15-4-3-5-17(22)8-15;/h3-5,8-11,20,23H,6-7,12H2,1-2H3,(H,24,27)(H,25,28);1H. The van der Waals surface area contributed by atoms with E-state index in [1.165, 1.54) is 26.0 Å². The molecular formula is C21H24ClFN4O3.